The predicted molar refractivity (Wildman–Crippen MR) is 78.3 cm³/mol. The van der Waals surface area contributed by atoms with Crippen molar-refractivity contribution in [1.82, 2.24) is 0 Å². The van der Waals surface area contributed by atoms with Gasteiger partial charge in [-0.2, -0.15) is 0 Å². The Morgan fingerprint density at radius 1 is 1.56 bits per heavy atom. The highest BCUT2D eigenvalue weighted by Gasteiger charge is 2.17. The average Bonchev–Trinajstić information content (AvgIpc) is 2.61. The molecule has 0 atom stereocenters. The summed E-state index contributed by atoms with van der Waals surface area (Å²) in [6, 6.07) is 4.22. The Labute approximate surface area is 117 Å². The van der Waals surface area contributed by atoms with Crippen molar-refractivity contribution >= 4 is 42.2 Å². The van der Waals surface area contributed by atoms with Crippen molar-refractivity contribution in [1.29, 1.82) is 0 Å². The van der Waals surface area contributed by atoms with Crippen LogP contribution in [-0.4, -0.2) is 10.3 Å². The molecule has 1 aliphatic rings. The van der Waals surface area contributed by atoms with Crippen molar-refractivity contribution in [2.75, 3.05) is 6.61 Å². The van der Waals surface area contributed by atoms with Crippen molar-refractivity contribution in [2.24, 2.45) is 4.99 Å². The van der Waals surface area contributed by atoms with Crippen molar-refractivity contribution in [3.63, 3.8) is 0 Å². The molecule has 1 aromatic rings. The zero-order valence-corrected chi connectivity index (χ0v) is 12.4. The molecule has 0 unspecified atom stereocenters. The Kier molecular flexibility index (Phi) is 4.16. The van der Waals surface area contributed by atoms with Crippen LogP contribution < -0.4 is 0 Å². The van der Waals surface area contributed by atoms with Crippen LogP contribution in [0, 0.1) is 0 Å². The van der Waals surface area contributed by atoms with E-state index in [1.807, 2.05) is 0 Å². The summed E-state index contributed by atoms with van der Waals surface area (Å²) >= 11 is 5.79. The lowest BCUT2D eigenvalue weighted by Crippen LogP contribution is -2.00. The van der Waals surface area contributed by atoms with Crippen LogP contribution in [0.25, 0.3) is 0 Å². The van der Waals surface area contributed by atoms with Gasteiger partial charge in [-0.05, 0) is 45.9 Å². The summed E-state index contributed by atoms with van der Waals surface area (Å²) in [4.78, 5) is 4.44. The van der Waals surface area contributed by atoms with Crippen molar-refractivity contribution < 1.29 is 4.74 Å². The molecule has 0 radical (unpaired) electrons. The number of nitrogens with zero attached hydrogens (tertiary/aromatic N) is 1. The summed E-state index contributed by atoms with van der Waals surface area (Å²) in [6.45, 7) is 5.61. The lowest BCUT2D eigenvalue weighted by molar-refractivity contribution is 0.148. The molecule has 0 aliphatic carbocycles. The molecule has 0 bridgehead atoms. The molecule has 0 saturated heterocycles. The molecule has 84 valence electrons. The van der Waals surface area contributed by atoms with Gasteiger partial charge in [-0.1, -0.05) is 22.0 Å². The maximum atomic E-state index is 5.49. The second kappa shape index (κ2) is 5.42. The van der Waals surface area contributed by atoms with E-state index in [9.17, 15) is 0 Å². The molecule has 0 aromatic heterocycles. The van der Waals surface area contributed by atoms with Gasteiger partial charge >= 0.3 is 0 Å². The Balaban J connectivity index is 2.26. The molecule has 0 N–H and O–H groups in total. The molecule has 2 nitrogen and oxygen atoms in total. The number of fused-ring (bicyclic) bond motifs is 1. The number of hydrogen-bond donors (Lipinski definition) is 0. The van der Waals surface area contributed by atoms with Gasteiger partial charge < -0.3 is 4.74 Å². The fraction of sp³-hybridized carbons (Fsp3) is 0.250. The van der Waals surface area contributed by atoms with Crippen LogP contribution in [0.1, 0.15) is 16.7 Å². The van der Waals surface area contributed by atoms with Crippen LogP contribution in [0.2, 0.25) is 0 Å². The van der Waals surface area contributed by atoms with E-state index in [0.717, 1.165) is 14.7 Å². The van der Waals surface area contributed by atoms with Crippen LogP contribution in [-0.2, 0) is 17.9 Å². The van der Waals surface area contributed by atoms with Crippen LogP contribution in [0.3, 0.4) is 0 Å². The van der Waals surface area contributed by atoms with Crippen LogP contribution in [0.4, 0.5) is 0 Å². The Morgan fingerprint density at radius 3 is 3.12 bits per heavy atom. The maximum Gasteiger partial charge on any atom is 0.103 e. The number of hydrogen-bond acceptors (Lipinski definition) is 2. The van der Waals surface area contributed by atoms with Gasteiger partial charge in [-0.15, -0.1) is 6.58 Å². The second-order valence-electron chi connectivity index (χ2n) is 3.50. The zero-order chi connectivity index (χ0) is 11.5. The fourth-order valence-electron chi connectivity index (χ4n) is 1.68. The molecular weight excluding hydrogens is 381 g/mol. The molecule has 2 rings (SSSR count). The first-order valence-corrected chi connectivity index (χ1v) is 6.80. The molecule has 0 amide bonds. The maximum absolute atomic E-state index is 5.49. The standard InChI is InChI=1S/C12H11BrINO/c1-2-3-16-7-8-4-9(13)5-10-11(8)6-15-12(10)14/h2,4-5H,1,3,6-7H2. The van der Waals surface area contributed by atoms with Crippen LogP contribution in [0.5, 0.6) is 0 Å². The average molecular weight is 392 g/mol. The fourth-order valence-corrected chi connectivity index (χ4v) is 2.84. The van der Waals surface area contributed by atoms with Gasteiger partial charge in [0, 0.05) is 10.0 Å². The summed E-state index contributed by atoms with van der Waals surface area (Å²) < 4.78 is 7.65. The van der Waals surface area contributed by atoms with E-state index in [4.69, 9.17) is 4.74 Å². The van der Waals surface area contributed by atoms with E-state index in [2.05, 4.69) is 62.2 Å². The van der Waals surface area contributed by atoms with Gasteiger partial charge in [0.25, 0.3) is 0 Å². The first-order chi connectivity index (χ1) is 7.72. The molecule has 0 spiro atoms. The van der Waals surface area contributed by atoms with E-state index in [1.54, 1.807) is 6.08 Å². The van der Waals surface area contributed by atoms with Crippen LogP contribution >= 0.6 is 38.5 Å². The second-order valence-corrected chi connectivity index (χ2v) is 5.44. The molecular formula is C12H11BrINO. The van der Waals surface area contributed by atoms with E-state index in [0.29, 0.717) is 13.2 Å². The molecule has 0 fully saturated rings. The summed E-state index contributed by atoms with van der Waals surface area (Å²) in [5, 5.41) is 0. The quantitative estimate of drug-likeness (QED) is 0.434. The smallest absolute Gasteiger partial charge is 0.103 e. The Bertz CT molecular complexity index is 457. The summed E-state index contributed by atoms with van der Waals surface area (Å²) in [5.41, 5.74) is 3.73. The SMILES string of the molecule is C=CCOCc1cc(Br)cc2c1CN=C2I. The number of halogens is 2. The number of aliphatic imine (C=N–C) groups is 1. The van der Waals surface area contributed by atoms with Gasteiger partial charge in [-0.3, -0.25) is 4.99 Å². The summed E-state index contributed by atoms with van der Waals surface area (Å²) in [6.07, 6.45) is 1.76. The largest absolute Gasteiger partial charge is 0.373 e. The third kappa shape index (κ3) is 2.55. The van der Waals surface area contributed by atoms with Gasteiger partial charge in [-0.25, -0.2) is 0 Å². The minimum Gasteiger partial charge on any atom is -0.373 e. The number of ether oxygens (including phenoxy) is 1. The highest BCUT2D eigenvalue weighted by atomic mass is 127. The normalized spacial score (nSPS) is 13.5. The first kappa shape index (κ1) is 12.3. The van der Waals surface area contributed by atoms with Gasteiger partial charge in [0.05, 0.1) is 19.8 Å². The molecule has 1 aliphatic heterocycles. The van der Waals surface area contributed by atoms with E-state index < -0.39 is 0 Å². The van der Waals surface area contributed by atoms with E-state index in [1.165, 1.54) is 16.7 Å². The van der Waals surface area contributed by atoms with Gasteiger partial charge in [0.2, 0.25) is 0 Å². The van der Waals surface area contributed by atoms with Crippen molar-refractivity contribution in [3.05, 3.63) is 46.0 Å². The van der Waals surface area contributed by atoms with E-state index >= 15 is 0 Å². The van der Waals surface area contributed by atoms with E-state index in [-0.39, 0.29) is 0 Å². The third-order valence-corrected chi connectivity index (χ3v) is 3.78. The summed E-state index contributed by atoms with van der Waals surface area (Å²) in [5.74, 6) is 0. The molecule has 4 heteroatoms. The lowest BCUT2D eigenvalue weighted by Gasteiger charge is -2.09. The minimum atomic E-state index is 0.583. The highest BCUT2D eigenvalue weighted by Crippen LogP contribution is 2.29. The topological polar surface area (TPSA) is 21.6 Å². The van der Waals surface area contributed by atoms with Gasteiger partial charge in [0.1, 0.15) is 3.72 Å². The molecule has 16 heavy (non-hydrogen) atoms. The minimum absolute atomic E-state index is 0.583. The zero-order valence-electron chi connectivity index (χ0n) is 8.67. The third-order valence-electron chi connectivity index (χ3n) is 2.40. The lowest BCUT2D eigenvalue weighted by atomic mass is 10.0. The van der Waals surface area contributed by atoms with Crippen molar-refractivity contribution in [2.45, 2.75) is 13.2 Å². The first-order valence-electron chi connectivity index (χ1n) is 4.92. The number of benzene rings is 1. The molecule has 0 saturated carbocycles. The van der Waals surface area contributed by atoms with Crippen molar-refractivity contribution in [3.8, 4) is 0 Å². The van der Waals surface area contributed by atoms with Crippen LogP contribution in [0.15, 0.2) is 34.3 Å². The molecule has 1 aromatic carbocycles. The Hall–Kier alpha value is -0.200. The number of rotatable bonds is 4. The highest BCUT2D eigenvalue weighted by molar-refractivity contribution is 14.1. The Morgan fingerprint density at radius 2 is 2.38 bits per heavy atom. The predicted octanol–water partition coefficient (Wildman–Crippen LogP) is 3.85. The van der Waals surface area contributed by atoms with Gasteiger partial charge in [0.15, 0.2) is 0 Å². The monoisotopic (exact) mass is 391 g/mol. The molecule has 1 heterocycles. The summed E-state index contributed by atoms with van der Waals surface area (Å²) in [7, 11) is 0.